The molecule has 0 bridgehead atoms. The molecule has 0 atom stereocenters. The van der Waals surface area contributed by atoms with Gasteiger partial charge < -0.3 is 15.0 Å². The fourth-order valence-electron chi connectivity index (χ4n) is 3.57. The summed E-state index contributed by atoms with van der Waals surface area (Å²) in [7, 11) is 1.64. The summed E-state index contributed by atoms with van der Waals surface area (Å²) in [6, 6.07) is 8.21. The maximum Gasteiger partial charge on any atom is 0.230 e. The highest BCUT2D eigenvalue weighted by molar-refractivity contribution is 7.99. The molecule has 1 aromatic carbocycles. The van der Waals surface area contributed by atoms with Gasteiger partial charge in [0, 0.05) is 25.7 Å². The predicted octanol–water partition coefficient (Wildman–Crippen LogP) is 3.27. The number of hydrogen-bond donors (Lipinski definition) is 1. The Morgan fingerprint density at radius 2 is 1.90 bits per heavy atom. The zero-order chi connectivity index (χ0) is 20.2. The number of nitrogens with one attached hydrogen (secondary N) is 1. The van der Waals surface area contributed by atoms with Crippen molar-refractivity contribution in [2.75, 3.05) is 30.9 Å². The number of hydrogen-bond acceptors (Lipinski definition) is 6. The number of carbonyl (C=O) groups is 1. The fraction of sp³-hybridized carbons (Fsp3) is 0.571. The van der Waals surface area contributed by atoms with Crippen molar-refractivity contribution >= 4 is 23.6 Å². The summed E-state index contributed by atoms with van der Waals surface area (Å²) in [6.45, 7) is 4.91. The Bertz CT molecular complexity index is 826. The average Bonchev–Trinajstić information content (AvgIpc) is 3.50. The number of aromatic nitrogens is 3. The molecule has 8 heteroatoms. The molecule has 4 rings (SSSR count). The Morgan fingerprint density at radius 3 is 2.55 bits per heavy atom. The van der Waals surface area contributed by atoms with Gasteiger partial charge in [-0.1, -0.05) is 30.8 Å². The quantitative estimate of drug-likeness (QED) is 0.667. The molecule has 2 fully saturated rings. The smallest absolute Gasteiger partial charge is 0.230 e. The second kappa shape index (κ2) is 9.07. The number of rotatable bonds is 8. The first kappa shape index (κ1) is 20.1. The van der Waals surface area contributed by atoms with Gasteiger partial charge in [-0.05, 0) is 49.3 Å². The van der Waals surface area contributed by atoms with Crippen molar-refractivity contribution in [1.82, 2.24) is 20.1 Å². The minimum atomic E-state index is 0.00418. The first-order chi connectivity index (χ1) is 14.1. The summed E-state index contributed by atoms with van der Waals surface area (Å²) in [5.41, 5.74) is 1.05. The van der Waals surface area contributed by atoms with Crippen LogP contribution in [0.25, 0.3) is 0 Å². The van der Waals surface area contributed by atoms with E-state index < -0.39 is 0 Å². The van der Waals surface area contributed by atoms with Crippen LogP contribution < -0.4 is 15.0 Å². The molecule has 0 spiro atoms. The lowest BCUT2D eigenvalue weighted by Crippen LogP contribution is -2.34. The van der Waals surface area contributed by atoms with Crippen LogP contribution in [0, 0.1) is 5.92 Å². The van der Waals surface area contributed by atoms with Gasteiger partial charge in [-0.25, -0.2) is 0 Å². The highest BCUT2D eigenvalue weighted by atomic mass is 32.2. The molecule has 1 N–H and O–H groups in total. The van der Waals surface area contributed by atoms with Gasteiger partial charge in [0.1, 0.15) is 5.75 Å². The molecular formula is C21H29N5O2S. The summed E-state index contributed by atoms with van der Waals surface area (Å²) >= 11 is 1.48. The Morgan fingerprint density at radius 1 is 1.17 bits per heavy atom. The number of thioether (sulfide) groups is 1. The SMILES string of the molecule is COc1ccc(CNC(=O)CSc2nnc(N3CCC(C)CC3)n2C2CC2)cc1. The molecule has 29 heavy (non-hydrogen) atoms. The zero-order valence-electron chi connectivity index (χ0n) is 17.1. The van der Waals surface area contributed by atoms with Crippen LogP contribution in [0.3, 0.4) is 0 Å². The third-order valence-corrected chi connectivity index (χ3v) is 6.55. The lowest BCUT2D eigenvalue weighted by Gasteiger charge is -2.31. The van der Waals surface area contributed by atoms with E-state index in [-0.39, 0.29) is 5.91 Å². The first-order valence-corrected chi connectivity index (χ1v) is 11.3. The van der Waals surface area contributed by atoms with E-state index in [1.54, 1.807) is 7.11 Å². The number of carbonyl (C=O) groups excluding carboxylic acids is 1. The fourth-order valence-corrected chi connectivity index (χ4v) is 4.40. The molecule has 2 aliphatic rings. The van der Waals surface area contributed by atoms with Gasteiger partial charge in [-0.3, -0.25) is 9.36 Å². The second-order valence-corrected chi connectivity index (χ2v) is 8.91. The largest absolute Gasteiger partial charge is 0.497 e. The van der Waals surface area contributed by atoms with E-state index >= 15 is 0 Å². The molecule has 1 aromatic heterocycles. The van der Waals surface area contributed by atoms with Crippen LogP contribution in [0.1, 0.15) is 44.2 Å². The molecule has 156 valence electrons. The van der Waals surface area contributed by atoms with Gasteiger partial charge in [0.05, 0.1) is 12.9 Å². The summed E-state index contributed by atoms with van der Waals surface area (Å²) < 4.78 is 7.42. The van der Waals surface area contributed by atoms with Crippen molar-refractivity contribution in [2.24, 2.45) is 5.92 Å². The van der Waals surface area contributed by atoms with Crippen molar-refractivity contribution in [2.45, 2.75) is 50.4 Å². The van der Waals surface area contributed by atoms with Gasteiger partial charge in [0.25, 0.3) is 0 Å². The Kier molecular flexibility index (Phi) is 6.28. The van der Waals surface area contributed by atoms with Crippen LogP contribution in [-0.2, 0) is 11.3 Å². The first-order valence-electron chi connectivity index (χ1n) is 10.4. The molecule has 1 aliphatic carbocycles. The van der Waals surface area contributed by atoms with Gasteiger partial charge in [-0.2, -0.15) is 0 Å². The minimum absolute atomic E-state index is 0.00418. The number of piperidine rings is 1. The Labute approximate surface area is 176 Å². The van der Waals surface area contributed by atoms with Gasteiger partial charge in [0.2, 0.25) is 11.9 Å². The maximum absolute atomic E-state index is 12.3. The van der Waals surface area contributed by atoms with Crippen LogP contribution in [0.4, 0.5) is 5.95 Å². The van der Waals surface area contributed by atoms with Gasteiger partial charge in [0.15, 0.2) is 5.16 Å². The average molecular weight is 416 g/mol. The molecule has 1 saturated carbocycles. The molecule has 0 radical (unpaired) electrons. The van der Waals surface area contributed by atoms with E-state index in [4.69, 9.17) is 4.74 Å². The molecule has 1 aliphatic heterocycles. The van der Waals surface area contributed by atoms with E-state index in [0.29, 0.717) is 18.3 Å². The third kappa shape index (κ3) is 5.04. The summed E-state index contributed by atoms with van der Waals surface area (Å²) in [4.78, 5) is 14.7. The molecule has 1 amide bonds. The normalized spacial score (nSPS) is 17.4. The molecule has 2 heterocycles. The third-order valence-electron chi connectivity index (χ3n) is 5.61. The van der Waals surface area contributed by atoms with E-state index in [9.17, 15) is 4.79 Å². The van der Waals surface area contributed by atoms with Crippen LogP contribution in [0.15, 0.2) is 29.4 Å². The lowest BCUT2D eigenvalue weighted by molar-refractivity contribution is -0.118. The van der Waals surface area contributed by atoms with E-state index in [0.717, 1.165) is 41.4 Å². The Hall–Kier alpha value is -2.22. The number of ether oxygens (including phenoxy) is 1. The van der Waals surface area contributed by atoms with Crippen LogP contribution in [0.2, 0.25) is 0 Å². The van der Waals surface area contributed by atoms with Crippen molar-refractivity contribution in [3.63, 3.8) is 0 Å². The van der Waals surface area contributed by atoms with Crippen LogP contribution in [-0.4, -0.2) is 46.6 Å². The maximum atomic E-state index is 12.3. The van der Waals surface area contributed by atoms with Gasteiger partial charge >= 0.3 is 0 Å². The number of methoxy groups -OCH3 is 1. The lowest BCUT2D eigenvalue weighted by atomic mass is 10.00. The summed E-state index contributed by atoms with van der Waals surface area (Å²) in [5, 5.41) is 12.7. The number of nitrogens with zero attached hydrogens (tertiary/aromatic N) is 4. The number of anilines is 1. The highest BCUT2D eigenvalue weighted by Crippen LogP contribution is 2.41. The zero-order valence-corrected chi connectivity index (χ0v) is 18.0. The van der Waals surface area contributed by atoms with Crippen molar-refractivity contribution in [3.05, 3.63) is 29.8 Å². The van der Waals surface area contributed by atoms with Crippen LogP contribution in [0.5, 0.6) is 5.75 Å². The molecule has 2 aromatic rings. The van der Waals surface area contributed by atoms with Crippen molar-refractivity contribution < 1.29 is 9.53 Å². The molecule has 0 unspecified atom stereocenters. The standard InChI is InChI=1S/C21H29N5O2S/c1-15-9-11-25(12-10-15)20-23-24-21(26(20)17-5-6-17)29-14-19(27)22-13-16-3-7-18(28-2)8-4-16/h3-4,7-8,15,17H,5-6,9-14H2,1-2H3,(H,22,27). The van der Waals surface area contributed by atoms with Crippen molar-refractivity contribution in [1.29, 1.82) is 0 Å². The Balaban J connectivity index is 1.32. The highest BCUT2D eigenvalue weighted by Gasteiger charge is 2.32. The second-order valence-electron chi connectivity index (χ2n) is 7.97. The minimum Gasteiger partial charge on any atom is -0.497 e. The van der Waals surface area contributed by atoms with Gasteiger partial charge in [-0.15, -0.1) is 10.2 Å². The molecule has 1 saturated heterocycles. The van der Waals surface area contributed by atoms with Crippen molar-refractivity contribution in [3.8, 4) is 5.75 Å². The van der Waals surface area contributed by atoms with E-state index in [1.807, 2.05) is 24.3 Å². The monoisotopic (exact) mass is 415 g/mol. The number of benzene rings is 1. The van der Waals surface area contributed by atoms with Crippen LogP contribution >= 0.6 is 11.8 Å². The molecule has 7 nitrogen and oxygen atoms in total. The summed E-state index contributed by atoms with van der Waals surface area (Å²) in [5.74, 6) is 2.93. The number of amides is 1. The molecular weight excluding hydrogens is 386 g/mol. The summed E-state index contributed by atoms with van der Waals surface area (Å²) in [6.07, 6.45) is 4.75. The topological polar surface area (TPSA) is 72.3 Å². The van der Waals surface area contributed by atoms with E-state index in [1.165, 1.54) is 37.4 Å². The predicted molar refractivity (Wildman–Crippen MR) is 114 cm³/mol. The van der Waals surface area contributed by atoms with E-state index in [2.05, 4.69) is 31.9 Å².